The minimum atomic E-state index is -0.562. The first-order chi connectivity index (χ1) is 13.0. The Balaban J connectivity index is 1.96. The van der Waals surface area contributed by atoms with E-state index in [1.807, 2.05) is 0 Å². The lowest BCUT2D eigenvalue weighted by Gasteiger charge is -2.09. The average molecular weight is 367 g/mol. The molecule has 0 saturated heterocycles. The standard InChI is InChI=1S/C19H14FN3O4/c1-27-19(24)12-5-7-15(8-6-12)21-18-17(23(25)26)10-9-16(22-18)13-3-2-4-14(20)11-13/h2-11H,1H3,(H,21,22). The maximum absolute atomic E-state index is 13.5. The molecule has 8 heteroatoms. The first-order valence-corrected chi connectivity index (χ1v) is 7.84. The van der Waals surface area contributed by atoms with Gasteiger partial charge in [-0.25, -0.2) is 14.2 Å². The van der Waals surface area contributed by atoms with E-state index >= 15 is 0 Å². The maximum atomic E-state index is 13.5. The second-order valence-corrected chi connectivity index (χ2v) is 5.53. The van der Waals surface area contributed by atoms with E-state index in [9.17, 15) is 19.3 Å². The number of ether oxygens (including phenoxy) is 1. The van der Waals surface area contributed by atoms with Crippen LogP contribution in [0.15, 0.2) is 60.7 Å². The molecule has 0 atom stereocenters. The van der Waals surface area contributed by atoms with Crippen LogP contribution < -0.4 is 5.32 Å². The van der Waals surface area contributed by atoms with Crippen LogP contribution in [0.5, 0.6) is 0 Å². The number of nitrogens with one attached hydrogen (secondary N) is 1. The fourth-order valence-electron chi connectivity index (χ4n) is 2.44. The van der Waals surface area contributed by atoms with Gasteiger partial charge in [0.05, 0.1) is 23.3 Å². The number of nitro groups is 1. The van der Waals surface area contributed by atoms with E-state index in [4.69, 9.17) is 0 Å². The molecule has 0 unspecified atom stereocenters. The lowest BCUT2D eigenvalue weighted by molar-refractivity contribution is -0.384. The van der Waals surface area contributed by atoms with Crippen molar-refractivity contribution < 1.29 is 18.8 Å². The molecule has 0 bridgehead atoms. The van der Waals surface area contributed by atoms with Gasteiger partial charge in [-0.3, -0.25) is 10.1 Å². The number of carbonyl (C=O) groups is 1. The number of pyridine rings is 1. The number of esters is 1. The summed E-state index contributed by atoms with van der Waals surface area (Å²) in [6.45, 7) is 0. The normalized spacial score (nSPS) is 10.3. The number of rotatable bonds is 5. The van der Waals surface area contributed by atoms with Crippen molar-refractivity contribution in [3.63, 3.8) is 0 Å². The molecule has 1 heterocycles. The first kappa shape index (κ1) is 18.0. The molecule has 2 aromatic carbocycles. The molecule has 0 aliphatic rings. The van der Waals surface area contributed by atoms with Gasteiger partial charge in [-0.05, 0) is 42.5 Å². The molecule has 136 valence electrons. The first-order valence-electron chi connectivity index (χ1n) is 7.84. The highest BCUT2D eigenvalue weighted by Gasteiger charge is 2.17. The highest BCUT2D eigenvalue weighted by atomic mass is 19.1. The Morgan fingerprint density at radius 3 is 2.52 bits per heavy atom. The number of anilines is 2. The fourth-order valence-corrected chi connectivity index (χ4v) is 2.44. The Bertz CT molecular complexity index is 1010. The molecule has 0 aliphatic heterocycles. The highest BCUT2D eigenvalue weighted by Crippen LogP contribution is 2.29. The van der Waals surface area contributed by atoms with Crippen LogP contribution in [-0.4, -0.2) is 23.0 Å². The molecule has 27 heavy (non-hydrogen) atoms. The largest absolute Gasteiger partial charge is 0.465 e. The van der Waals surface area contributed by atoms with Crippen LogP contribution in [0.25, 0.3) is 11.3 Å². The van der Waals surface area contributed by atoms with Gasteiger partial charge >= 0.3 is 11.7 Å². The summed E-state index contributed by atoms with van der Waals surface area (Å²) >= 11 is 0. The fraction of sp³-hybridized carbons (Fsp3) is 0.0526. The second kappa shape index (κ2) is 7.61. The minimum Gasteiger partial charge on any atom is -0.465 e. The number of hydrogen-bond acceptors (Lipinski definition) is 6. The molecule has 3 aromatic rings. The predicted molar refractivity (Wildman–Crippen MR) is 97.3 cm³/mol. The molecule has 0 spiro atoms. The number of hydrogen-bond donors (Lipinski definition) is 1. The summed E-state index contributed by atoms with van der Waals surface area (Å²) in [6, 6.07) is 14.8. The number of halogens is 1. The van der Waals surface area contributed by atoms with Gasteiger partial charge in [-0.1, -0.05) is 12.1 Å². The summed E-state index contributed by atoms with van der Waals surface area (Å²) in [6.07, 6.45) is 0. The third-order valence-electron chi connectivity index (χ3n) is 3.76. The summed E-state index contributed by atoms with van der Waals surface area (Å²) in [4.78, 5) is 26.5. The van der Waals surface area contributed by atoms with Crippen molar-refractivity contribution in [1.82, 2.24) is 4.98 Å². The minimum absolute atomic E-state index is 0.00702. The molecule has 1 aromatic heterocycles. The number of carbonyl (C=O) groups excluding carboxylic acids is 1. The van der Waals surface area contributed by atoms with Gasteiger partial charge in [0.1, 0.15) is 5.82 Å². The molecule has 7 nitrogen and oxygen atoms in total. The molecule has 0 aliphatic carbocycles. The smallest absolute Gasteiger partial charge is 0.337 e. The van der Waals surface area contributed by atoms with Crippen LogP contribution in [0.1, 0.15) is 10.4 Å². The van der Waals surface area contributed by atoms with Crippen molar-refractivity contribution >= 4 is 23.2 Å². The van der Waals surface area contributed by atoms with Crippen molar-refractivity contribution in [2.45, 2.75) is 0 Å². The van der Waals surface area contributed by atoms with Crippen LogP contribution in [-0.2, 0) is 4.74 Å². The van der Waals surface area contributed by atoms with E-state index in [2.05, 4.69) is 15.0 Å². The van der Waals surface area contributed by atoms with Gasteiger partial charge in [-0.2, -0.15) is 0 Å². The number of nitrogens with zero attached hydrogens (tertiary/aromatic N) is 2. The van der Waals surface area contributed by atoms with Crippen LogP contribution in [0.4, 0.5) is 21.6 Å². The molecule has 0 saturated carbocycles. The molecular weight excluding hydrogens is 353 g/mol. The van der Waals surface area contributed by atoms with Crippen molar-refractivity contribution in [3.05, 3.63) is 82.2 Å². The molecule has 3 rings (SSSR count). The van der Waals surface area contributed by atoms with Crippen molar-refractivity contribution in [2.24, 2.45) is 0 Å². The SMILES string of the molecule is COC(=O)c1ccc(Nc2nc(-c3cccc(F)c3)ccc2[N+](=O)[O-])cc1. The zero-order valence-electron chi connectivity index (χ0n) is 14.2. The van der Waals surface area contributed by atoms with E-state index in [-0.39, 0.29) is 11.5 Å². The quantitative estimate of drug-likeness (QED) is 0.410. The average Bonchev–Trinajstić information content (AvgIpc) is 2.67. The van der Waals surface area contributed by atoms with Gasteiger partial charge in [0, 0.05) is 17.3 Å². The van der Waals surface area contributed by atoms with Gasteiger partial charge < -0.3 is 10.1 Å². The Morgan fingerprint density at radius 1 is 1.15 bits per heavy atom. The maximum Gasteiger partial charge on any atom is 0.337 e. The molecule has 0 amide bonds. The summed E-state index contributed by atoms with van der Waals surface area (Å²) in [5.74, 6) is -0.910. The van der Waals surface area contributed by atoms with E-state index in [0.717, 1.165) is 0 Å². The lowest BCUT2D eigenvalue weighted by atomic mass is 10.1. The second-order valence-electron chi connectivity index (χ2n) is 5.53. The topological polar surface area (TPSA) is 94.4 Å². The Morgan fingerprint density at radius 2 is 1.89 bits per heavy atom. The van der Waals surface area contributed by atoms with Gasteiger partial charge in [0.2, 0.25) is 5.82 Å². The van der Waals surface area contributed by atoms with Crippen LogP contribution in [0.3, 0.4) is 0 Å². The summed E-state index contributed by atoms with van der Waals surface area (Å²) in [5, 5.41) is 14.2. The zero-order valence-corrected chi connectivity index (χ0v) is 14.2. The molecule has 0 fully saturated rings. The number of benzene rings is 2. The van der Waals surface area contributed by atoms with Crippen LogP contribution in [0.2, 0.25) is 0 Å². The van der Waals surface area contributed by atoms with E-state index in [1.54, 1.807) is 18.2 Å². The lowest BCUT2D eigenvalue weighted by Crippen LogP contribution is -2.03. The Kier molecular flexibility index (Phi) is 5.07. The van der Waals surface area contributed by atoms with Crippen molar-refractivity contribution in [2.75, 3.05) is 12.4 Å². The number of aromatic nitrogens is 1. The van der Waals surface area contributed by atoms with Gasteiger partial charge in [0.25, 0.3) is 0 Å². The zero-order chi connectivity index (χ0) is 19.4. The number of methoxy groups -OCH3 is 1. The summed E-state index contributed by atoms with van der Waals surface area (Å²) in [5.41, 5.74) is 1.49. The van der Waals surface area contributed by atoms with Crippen LogP contribution in [0, 0.1) is 15.9 Å². The molecular formula is C19H14FN3O4. The van der Waals surface area contributed by atoms with E-state index < -0.39 is 16.7 Å². The van der Waals surface area contributed by atoms with E-state index in [0.29, 0.717) is 22.5 Å². The van der Waals surface area contributed by atoms with Gasteiger partial charge in [0.15, 0.2) is 0 Å². The highest BCUT2D eigenvalue weighted by molar-refractivity contribution is 5.89. The van der Waals surface area contributed by atoms with Crippen molar-refractivity contribution in [3.8, 4) is 11.3 Å². The Hall–Kier alpha value is -3.81. The van der Waals surface area contributed by atoms with E-state index in [1.165, 1.54) is 49.6 Å². The summed E-state index contributed by atoms with van der Waals surface area (Å²) < 4.78 is 18.1. The third kappa shape index (κ3) is 4.06. The molecule has 1 N–H and O–H groups in total. The third-order valence-corrected chi connectivity index (χ3v) is 3.76. The summed E-state index contributed by atoms with van der Waals surface area (Å²) in [7, 11) is 1.28. The predicted octanol–water partition coefficient (Wildman–Crippen LogP) is 4.33. The molecule has 0 radical (unpaired) electrons. The Labute approximate surface area is 153 Å². The van der Waals surface area contributed by atoms with Crippen LogP contribution >= 0.6 is 0 Å². The van der Waals surface area contributed by atoms with Crippen molar-refractivity contribution in [1.29, 1.82) is 0 Å². The monoisotopic (exact) mass is 367 g/mol. The van der Waals surface area contributed by atoms with Gasteiger partial charge in [-0.15, -0.1) is 0 Å².